The summed E-state index contributed by atoms with van der Waals surface area (Å²) in [6.45, 7) is 3.02. The molecule has 1 saturated heterocycles. The fourth-order valence-electron chi connectivity index (χ4n) is 3.31. The molecule has 1 spiro atoms. The minimum Gasteiger partial charge on any atom is -0.392 e. The van der Waals surface area contributed by atoms with Crippen LogP contribution in [0, 0.1) is 5.92 Å². The van der Waals surface area contributed by atoms with Gasteiger partial charge in [-0.05, 0) is 37.4 Å². The van der Waals surface area contributed by atoms with Crippen LogP contribution in [0.4, 0.5) is 0 Å². The summed E-state index contributed by atoms with van der Waals surface area (Å²) in [6, 6.07) is 0. The molecule has 2 fully saturated rings. The lowest BCUT2D eigenvalue weighted by Crippen LogP contribution is -2.44. The Morgan fingerprint density at radius 1 is 1.35 bits per heavy atom. The third-order valence-electron chi connectivity index (χ3n) is 4.33. The van der Waals surface area contributed by atoms with Gasteiger partial charge in [-0.3, -0.25) is 0 Å². The molecule has 0 aromatic carbocycles. The first-order valence-corrected chi connectivity index (χ1v) is 8.31. The maximum absolute atomic E-state index is 10.2. The zero-order chi connectivity index (χ0) is 12.1. The molecule has 0 aromatic heterocycles. The van der Waals surface area contributed by atoms with Crippen LogP contribution in [0.3, 0.4) is 0 Å². The van der Waals surface area contributed by atoms with Crippen LogP contribution in [0.25, 0.3) is 0 Å². The molecule has 1 saturated carbocycles. The van der Waals surface area contributed by atoms with E-state index in [2.05, 4.69) is 6.92 Å². The lowest BCUT2D eigenvalue weighted by atomic mass is 9.75. The molecule has 0 radical (unpaired) electrons. The first-order valence-electron chi connectivity index (χ1n) is 7.15. The Labute approximate surface area is 110 Å². The molecule has 1 aliphatic carbocycles. The first kappa shape index (κ1) is 13.7. The summed E-state index contributed by atoms with van der Waals surface area (Å²) in [6.07, 6.45) is 8.45. The van der Waals surface area contributed by atoms with Gasteiger partial charge in [-0.2, -0.15) is 11.8 Å². The Balaban J connectivity index is 1.87. The maximum Gasteiger partial charge on any atom is 0.0686 e. The van der Waals surface area contributed by atoms with E-state index < -0.39 is 0 Å². The molecule has 17 heavy (non-hydrogen) atoms. The number of aliphatic hydroxyl groups excluding tert-OH is 1. The van der Waals surface area contributed by atoms with Crippen LogP contribution in [0.2, 0.25) is 0 Å². The summed E-state index contributed by atoms with van der Waals surface area (Å²) >= 11 is 1.85. The monoisotopic (exact) mass is 258 g/mol. The highest BCUT2D eigenvalue weighted by molar-refractivity contribution is 7.99. The topological polar surface area (TPSA) is 29.5 Å². The molecule has 2 atom stereocenters. The molecule has 3 heteroatoms. The molecular formula is C14H26O2S. The van der Waals surface area contributed by atoms with Crippen LogP contribution >= 0.6 is 11.8 Å². The Morgan fingerprint density at radius 3 is 2.82 bits per heavy atom. The van der Waals surface area contributed by atoms with E-state index in [-0.39, 0.29) is 11.7 Å². The minimum absolute atomic E-state index is 0.123. The van der Waals surface area contributed by atoms with E-state index in [4.69, 9.17) is 4.74 Å². The van der Waals surface area contributed by atoms with Crippen molar-refractivity contribution in [2.24, 2.45) is 5.92 Å². The van der Waals surface area contributed by atoms with Crippen LogP contribution in [-0.2, 0) is 4.74 Å². The fraction of sp³-hybridized carbons (Fsp3) is 1.00. The molecule has 2 rings (SSSR count). The summed E-state index contributed by atoms with van der Waals surface area (Å²) in [5, 5.41) is 10.2. The van der Waals surface area contributed by atoms with Crippen molar-refractivity contribution >= 4 is 11.8 Å². The van der Waals surface area contributed by atoms with Crippen molar-refractivity contribution in [3.8, 4) is 0 Å². The average Bonchev–Trinajstić information content (AvgIpc) is 2.37. The van der Waals surface area contributed by atoms with Gasteiger partial charge < -0.3 is 9.84 Å². The van der Waals surface area contributed by atoms with Gasteiger partial charge in [0.05, 0.1) is 11.7 Å². The second-order valence-electron chi connectivity index (χ2n) is 5.57. The molecule has 0 amide bonds. The molecule has 0 aromatic rings. The number of rotatable bonds is 4. The van der Waals surface area contributed by atoms with E-state index >= 15 is 0 Å². The Morgan fingerprint density at radius 2 is 2.12 bits per heavy atom. The SMILES string of the molecule is CCSCC(O)C1CCOC2(CCCCC2)C1. The Bertz CT molecular complexity index is 221. The largest absolute Gasteiger partial charge is 0.392 e. The molecule has 2 unspecified atom stereocenters. The van der Waals surface area contributed by atoms with E-state index in [1.165, 1.54) is 32.1 Å². The second-order valence-corrected chi connectivity index (χ2v) is 6.89. The molecule has 100 valence electrons. The number of ether oxygens (including phenoxy) is 1. The van der Waals surface area contributed by atoms with Crippen LogP contribution < -0.4 is 0 Å². The van der Waals surface area contributed by atoms with Gasteiger partial charge in [0.25, 0.3) is 0 Å². The fourth-order valence-corrected chi connectivity index (χ4v) is 4.06. The van der Waals surface area contributed by atoms with Gasteiger partial charge in [0.2, 0.25) is 0 Å². The summed E-state index contributed by atoms with van der Waals surface area (Å²) in [4.78, 5) is 0. The van der Waals surface area contributed by atoms with Crippen LogP contribution in [0.5, 0.6) is 0 Å². The van der Waals surface area contributed by atoms with Gasteiger partial charge in [0.1, 0.15) is 0 Å². The van der Waals surface area contributed by atoms with Gasteiger partial charge >= 0.3 is 0 Å². The third kappa shape index (κ3) is 3.62. The zero-order valence-corrected chi connectivity index (χ0v) is 11.8. The van der Waals surface area contributed by atoms with Gasteiger partial charge in [0.15, 0.2) is 0 Å². The van der Waals surface area contributed by atoms with Crippen LogP contribution in [0.15, 0.2) is 0 Å². The highest BCUT2D eigenvalue weighted by Crippen LogP contribution is 2.41. The first-order chi connectivity index (χ1) is 8.26. The van der Waals surface area contributed by atoms with Crippen LogP contribution in [-0.4, -0.2) is 34.9 Å². The number of hydrogen-bond donors (Lipinski definition) is 1. The van der Waals surface area contributed by atoms with Crippen molar-refractivity contribution in [2.45, 2.75) is 63.6 Å². The number of aliphatic hydroxyl groups is 1. The Kier molecular flexibility index (Phi) is 5.19. The number of thioether (sulfide) groups is 1. The van der Waals surface area contributed by atoms with Crippen LogP contribution in [0.1, 0.15) is 51.9 Å². The van der Waals surface area contributed by atoms with Crippen molar-refractivity contribution in [1.29, 1.82) is 0 Å². The highest BCUT2D eigenvalue weighted by atomic mass is 32.2. The van der Waals surface area contributed by atoms with Crippen molar-refractivity contribution in [3.63, 3.8) is 0 Å². The summed E-state index contributed by atoms with van der Waals surface area (Å²) in [7, 11) is 0. The van der Waals surface area contributed by atoms with E-state index in [1.54, 1.807) is 0 Å². The minimum atomic E-state index is -0.123. The predicted octanol–water partition coefficient (Wildman–Crippen LogP) is 3.23. The van der Waals surface area contributed by atoms with E-state index in [1.807, 2.05) is 11.8 Å². The summed E-state index contributed by atoms with van der Waals surface area (Å²) in [5.41, 5.74) is 0.138. The quantitative estimate of drug-likeness (QED) is 0.839. The lowest BCUT2D eigenvalue weighted by Gasteiger charge is -2.44. The van der Waals surface area contributed by atoms with Crippen molar-refractivity contribution in [3.05, 3.63) is 0 Å². The van der Waals surface area contributed by atoms with Crippen molar-refractivity contribution in [2.75, 3.05) is 18.1 Å². The second kappa shape index (κ2) is 6.44. The van der Waals surface area contributed by atoms with Crippen molar-refractivity contribution < 1.29 is 9.84 Å². The highest BCUT2D eigenvalue weighted by Gasteiger charge is 2.40. The van der Waals surface area contributed by atoms with Gasteiger partial charge in [-0.15, -0.1) is 0 Å². The lowest BCUT2D eigenvalue weighted by molar-refractivity contribution is -0.131. The summed E-state index contributed by atoms with van der Waals surface area (Å²) < 4.78 is 6.07. The maximum atomic E-state index is 10.2. The van der Waals surface area contributed by atoms with Gasteiger partial charge in [0, 0.05) is 12.4 Å². The standard InChI is InChI=1S/C14H26O2S/c1-2-17-11-13(15)12-6-9-16-14(10-12)7-4-3-5-8-14/h12-13,15H,2-11H2,1H3. The van der Waals surface area contributed by atoms with E-state index in [0.717, 1.165) is 31.0 Å². The van der Waals surface area contributed by atoms with Gasteiger partial charge in [-0.1, -0.05) is 26.2 Å². The van der Waals surface area contributed by atoms with E-state index in [9.17, 15) is 5.11 Å². The Hall–Kier alpha value is 0.270. The number of hydrogen-bond acceptors (Lipinski definition) is 3. The summed E-state index contributed by atoms with van der Waals surface area (Å²) in [5.74, 6) is 2.48. The molecule has 1 heterocycles. The molecule has 0 bridgehead atoms. The molecular weight excluding hydrogens is 232 g/mol. The molecule has 1 N–H and O–H groups in total. The molecule has 2 aliphatic rings. The van der Waals surface area contributed by atoms with Gasteiger partial charge in [-0.25, -0.2) is 0 Å². The zero-order valence-electron chi connectivity index (χ0n) is 11.0. The normalized spacial score (nSPS) is 30.4. The average molecular weight is 258 g/mol. The molecule has 2 nitrogen and oxygen atoms in total. The smallest absolute Gasteiger partial charge is 0.0686 e. The van der Waals surface area contributed by atoms with Crippen molar-refractivity contribution in [1.82, 2.24) is 0 Å². The third-order valence-corrected chi connectivity index (χ3v) is 5.32. The van der Waals surface area contributed by atoms with E-state index in [0.29, 0.717) is 5.92 Å². The molecule has 1 aliphatic heterocycles. The predicted molar refractivity (Wildman–Crippen MR) is 73.5 cm³/mol.